The highest BCUT2D eigenvalue weighted by atomic mass is 16.5. The number of hydrogen-bond donors (Lipinski definition) is 0. The van der Waals surface area contributed by atoms with E-state index in [2.05, 4.69) is 26.9 Å². The van der Waals surface area contributed by atoms with E-state index in [1.54, 1.807) is 6.33 Å². The summed E-state index contributed by atoms with van der Waals surface area (Å²) in [5.41, 5.74) is 1.08. The average molecular weight is 326 g/mol. The molecule has 0 radical (unpaired) electrons. The van der Waals surface area contributed by atoms with E-state index in [0.29, 0.717) is 19.1 Å². The number of likely N-dealkylation sites (tertiary alicyclic amines) is 1. The highest BCUT2D eigenvalue weighted by molar-refractivity contribution is 5.79. The second kappa shape index (κ2) is 6.73. The Hall–Kier alpha value is -2.21. The number of amides is 1. The Morgan fingerprint density at radius 3 is 2.62 bits per heavy atom. The zero-order chi connectivity index (χ0) is 16.4. The van der Waals surface area contributed by atoms with Gasteiger partial charge >= 0.3 is 0 Å². The van der Waals surface area contributed by atoms with Crippen LogP contribution in [-0.2, 0) is 9.53 Å². The second-order valence-corrected chi connectivity index (χ2v) is 6.55. The quantitative estimate of drug-likeness (QED) is 0.866. The van der Waals surface area contributed by atoms with Crippen LogP contribution in [0.1, 0.15) is 31.0 Å². The smallest absolute Gasteiger partial charge is 0.228 e. The van der Waals surface area contributed by atoms with Gasteiger partial charge in [0.2, 0.25) is 5.91 Å². The molecule has 1 aromatic carbocycles. The Morgan fingerprint density at radius 1 is 1.12 bits per heavy atom. The lowest BCUT2D eigenvalue weighted by Crippen LogP contribution is -2.41. The molecule has 24 heavy (non-hydrogen) atoms. The lowest BCUT2D eigenvalue weighted by Gasteiger charge is -2.33. The molecule has 126 valence electrons. The number of hydrogen-bond acceptors (Lipinski definition) is 4. The first-order valence-corrected chi connectivity index (χ1v) is 8.65. The number of carbonyl (C=O) groups is 1. The molecule has 1 atom stereocenters. The molecule has 2 aromatic rings. The van der Waals surface area contributed by atoms with Crippen LogP contribution in [0.4, 0.5) is 0 Å². The summed E-state index contributed by atoms with van der Waals surface area (Å²) < 4.78 is 7.41. The van der Waals surface area contributed by atoms with E-state index in [1.165, 1.54) is 0 Å². The van der Waals surface area contributed by atoms with Gasteiger partial charge in [-0.1, -0.05) is 18.2 Å². The van der Waals surface area contributed by atoms with Gasteiger partial charge in [-0.25, -0.2) is 0 Å². The molecule has 0 aliphatic carbocycles. The van der Waals surface area contributed by atoms with Crippen molar-refractivity contribution in [1.29, 1.82) is 0 Å². The molecule has 2 fully saturated rings. The standard InChI is InChI=1S/C18H22N4O2/c23-18(15-8-11-24-12-15)21-9-6-14(7-10-21)17-20-19-13-22(17)16-4-2-1-3-5-16/h1-5,13-15H,6-12H2/t15-/m1/s1. The minimum atomic E-state index is 0.0644. The highest BCUT2D eigenvalue weighted by Gasteiger charge is 2.32. The van der Waals surface area contributed by atoms with E-state index in [0.717, 1.165) is 43.9 Å². The van der Waals surface area contributed by atoms with Crippen LogP contribution in [0.2, 0.25) is 0 Å². The number of aromatic nitrogens is 3. The molecule has 2 aliphatic rings. The van der Waals surface area contributed by atoms with E-state index < -0.39 is 0 Å². The summed E-state index contributed by atoms with van der Waals surface area (Å²) in [7, 11) is 0. The second-order valence-electron chi connectivity index (χ2n) is 6.55. The van der Waals surface area contributed by atoms with Crippen LogP contribution in [0.3, 0.4) is 0 Å². The van der Waals surface area contributed by atoms with Crippen LogP contribution in [0, 0.1) is 5.92 Å². The minimum Gasteiger partial charge on any atom is -0.381 e. The van der Waals surface area contributed by atoms with Crippen molar-refractivity contribution in [1.82, 2.24) is 19.7 Å². The number of piperidine rings is 1. The molecule has 0 saturated carbocycles. The van der Waals surface area contributed by atoms with Crippen LogP contribution in [-0.4, -0.2) is 51.9 Å². The summed E-state index contributed by atoms with van der Waals surface area (Å²) in [4.78, 5) is 14.5. The molecule has 2 saturated heterocycles. The molecular weight excluding hydrogens is 304 g/mol. The maximum Gasteiger partial charge on any atom is 0.228 e. The van der Waals surface area contributed by atoms with Gasteiger partial charge in [-0.2, -0.15) is 0 Å². The zero-order valence-electron chi connectivity index (χ0n) is 13.7. The first-order valence-electron chi connectivity index (χ1n) is 8.65. The highest BCUT2D eigenvalue weighted by Crippen LogP contribution is 2.29. The van der Waals surface area contributed by atoms with Crippen molar-refractivity contribution in [3.63, 3.8) is 0 Å². The molecule has 6 heteroatoms. The van der Waals surface area contributed by atoms with Gasteiger partial charge in [-0.15, -0.1) is 10.2 Å². The number of nitrogens with zero attached hydrogens (tertiary/aromatic N) is 4. The first-order chi connectivity index (χ1) is 11.8. The lowest BCUT2D eigenvalue weighted by atomic mass is 9.94. The predicted molar refractivity (Wildman–Crippen MR) is 88.8 cm³/mol. The van der Waals surface area contributed by atoms with Crippen LogP contribution in [0.25, 0.3) is 5.69 Å². The molecule has 1 amide bonds. The van der Waals surface area contributed by atoms with Gasteiger partial charge in [-0.3, -0.25) is 9.36 Å². The maximum atomic E-state index is 12.5. The monoisotopic (exact) mass is 326 g/mol. The Labute approximate surface area is 141 Å². The number of benzene rings is 1. The van der Waals surface area contributed by atoms with Gasteiger partial charge in [-0.05, 0) is 31.4 Å². The van der Waals surface area contributed by atoms with Gasteiger partial charge in [0.05, 0.1) is 12.5 Å². The fraction of sp³-hybridized carbons (Fsp3) is 0.500. The molecular formula is C18H22N4O2. The first kappa shape index (κ1) is 15.3. The van der Waals surface area contributed by atoms with Crippen molar-refractivity contribution >= 4 is 5.91 Å². The molecule has 0 bridgehead atoms. The Kier molecular flexibility index (Phi) is 4.30. The van der Waals surface area contributed by atoms with Crippen molar-refractivity contribution in [2.45, 2.75) is 25.2 Å². The Morgan fingerprint density at radius 2 is 1.92 bits per heavy atom. The molecule has 4 rings (SSSR count). The Bertz CT molecular complexity index is 686. The van der Waals surface area contributed by atoms with E-state index in [1.807, 2.05) is 23.1 Å². The van der Waals surface area contributed by atoms with Gasteiger partial charge in [0.25, 0.3) is 0 Å². The van der Waals surface area contributed by atoms with E-state index in [4.69, 9.17) is 4.74 Å². The number of para-hydroxylation sites is 1. The summed E-state index contributed by atoms with van der Waals surface area (Å²) in [6, 6.07) is 10.2. The minimum absolute atomic E-state index is 0.0644. The number of rotatable bonds is 3. The van der Waals surface area contributed by atoms with Crippen molar-refractivity contribution in [3.05, 3.63) is 42.5 Å². The predicted octanol–water partition coefficient (Wildman–Crippen LogP) is 2.01. The molecule has 0 unspecified atom stereocenters. The lowest BCUT2D eigenvalue weighted by molar-refractivity contribution is -0.136. The zero-order valence-corrected chi connectivity index (χ0v) is 13.7. The third-order valence-electron chi connectivity index (χ3n) is 5.06. The van der Waals surface area contributed by atoms with Crippen LogP contribution in [0.5, 0.6) is 0 Å². The molecule has 2 aliphatic heterocycles. The molecule has 0 N–H and O–H groups in total. The summed E-state index contributed by atoms with van der Waals surface area (Å²) in [6.45, 7) is 2.89. The summed E-state index contributed by atoms with van der Waals surface area (Å²) >= 11 is 0. The third-order valence-corrected chi connectivity index (χ3v) is 5.06. The van der Waals surface area contributed by atoms with Gasteiger partial charge in [0.1, 0.15) is 12.2 Å². The molecule has 6 nitrogen and oxygen atoms in total. The maximum absolute atomic E-state index is 12.5. The topological polar surface area (TPSA) is 60.2 Å². The van der Waals surface area contributed by atoms with Crippen molar-refractivity contribution in [2.75, 3.05) is 26.3 Å². The summed E-state index contributed by atoms with van der Waals surface area (Å²) in [5, 5.41) is 8.46. The molecule has 0 spiro atoms. The fourth-order valence-electron chi connectivity index (χ4n) is 3.66. The average Bonchev–Trinajstić information content (AvgIpc) is 3.34. The van der Waals surface area contributed by atoms with Crippen LogP contribution >= 0.6 is 0 Å². The summed E-state index contributed by atoms with van der Waals surface area (Å²) in [5.74, 6) is 1.67. The van der Waals surface area contributed by atoms with Gasteiger partial charge in [0.15, 0.2) is 0 Å². The SMILES string of the molecule is O=C([C@@H]1CCOC1)N1CCC(c2nncn2-c2ccccc2)CC1. The largest absolute Gasteiger partial charge is 0.381 e. The van der Waals surface area contributed by atoms with E-state index in [-0.39, 0.29) is 11.8 Å². The third kappa shape index (κ3) is 2.94. The number of ether oxygens (including phenoxy) is 1. The van der Waals surface area contributed by atoms with E-state index >= 15 is 0 Å². The van der Waals surface area contributed by atoms with E-state index in [9.17, 15) is 4.79 Å². The van der Waals surface area contributed by atoms with Crippen LogP contribution < -0.4 is 0 Å². The van der Waals surface area contributed by atoms with Crippen molar-refractivity contribution in [2.24, 2.45) is 5.92 Å². The molecule has 3 heterocycles. The Balaban J connectivity index is 1.43. The molecule has 1 aromatic heterocycles. The van der Waals surface area contributed by atoms with Crippen molar-refractivity contribution in [3.8, 4) is 5.69 Å². The van der Waals surface area contributed by atoms with Gasteiger partial charge < -0.3 is 9.64 Å². The number of carbonyl (C=O) groups excluding carboxylic acids is 1. The normalized spacial score (nSPS) is 22.0. The van der Waals surface area contributed by atoms with Crippen LogP contribution in [0.15, 0.2) is 36.7 Å². The fourth-order valence-corrected chi connectivity index (χ4v) is 3.66. The van der Waals surface area contributed by atoms with Crippen molar-refractivity contribution < 1.29 is 9.53 Å². The van der Waals surface area contributed by atoms with Gasteiger partial charge in [0, 0.05) is 31.3 Å². The summed E-state index contributed by atoms with van der Waals surface area (Å²) in [6.07, 6.45) is 4.51.